The summed E-state index contributed by atoms with van der Waals surface area (Å²) in [5.41, 5.74) is 1.94. The maximum atomic E-state index is 12.5. The molecule has 4 rings (SSSR count). The number of amides is 2. The Kier molecular flexibility index (Phi) is 4.26. The van der Waals surface area contributed by atoms with E-state index < -0.39 is 0 Å². The van der Waals surface area contributed by atoms with Crippen LogP contribution in [0.4, 0.5) is 11.5 Å². The molecule has 2 aliphatic rings. The van der Waals surface area contributed by atoms with Crippen LogP contribution in [0.2, 0.25) is 0 Å². The van der Waals surface area contributed by atoms with Gasteiger partial charge in [0.05, 0.1) is 5.92 Å². The Balaban J connectivity index is 1.39. The van der Waals surface area contributed by atoms with E-state index in [2.05, 4.69) is 15.5 Å². The lowest BCUT2D eigenvalue weighted by molar-refractivity contribution is -0.122. The molecular formula is C19H22N4O2. The van der Waals surface area contributed by atoms with Gasteiger partial charge in [0.25, 0.3) is 0 Å². The molecule has 0 radical (unpaired) electrons. The number of rotatable bonds is 4. The average Bonchev–Trinajstić information content (AvgIpc) is 3.35. The minimum atomic E-state index is -0.348. The lowest BCUT2D eigenvalue weighted by Gasteiger charge is -2.16. The molecule has 1 unspecified atom stereocenters. The van der Waals surface area contributed by atoms with Crippen molar-refractivity contribution in [2.45, 2.75) is 38.0 Å². The van der Waals surface area contributed by atoms with E-state index in [0.717, 1.165) is 11.4 Å². The predicted molar refractivity (Wildman–Crippen MR) is 95.3 cm³/mol. The molecule has 1 aromatic carbocycles. The van der Waals surface area contributed by atoms with Gasteiger partial charge >= 0.3 is 0 Å². The fourth-order valence-electron chi connectivity index (χ4n) is 3.82. The van der Waals surface area contributed by atoms with E-state index >= 15 is 0 Å². The second-order valence-electron chi connectivity index (χ2n) is 6.92. The molecule has 1 saturated heterocycles. The van der Waals surface area contributed by atoms with Crippen LogP contribution in [0.25, 0.3) is 0 Å². The first-order valence-electron chi connectivity index (χ1n) is 8.92. The molecule has 6 nitrogen and oxygen atoms in total. The van der Waals surface area contributed by atoms with Crippen molar-refractivity contribution >= 4 is 23.3 Å². The summed E-state index contributed by atoms with van der Waals surface area (Å²) in [6.45, 7) is 0.411. The second-order valence-corrected chi connectivity index (χ2v) is 6.92. The van der Waals surface area contributed by atoms with Crippen molar-refractivity contribution in [1.82, 2.24) is 10.2 Å². The normalized spacial score (nSPS) is 21.0. The molecule has 130 valence electrons. The zero-order valence-corrected chi connectivity index (χ0v) is 14.1. The van der Waals surface area contributed by atoms with Crippen LogP contribution in [0.5, 0.6) is 0 Å². The number of nitrogens with one attached hydrogen (secondary N) is 2. The summed E-state index contributed by atoms with van der Waals surface area (Å²) in [6.07, 6.45) is 5.11. The van der Waals surface area contributed by atoms with Gasteiger partial charge in [-0.05, 0) is 25.0 Å². The number of para-hydroxylation sites is 1. The Bertz CT molecular complexity index is 765. The maximum absolute atomic E-state index is 12.5. The third-order valence-corrected chi connectivity index (χ3v) is 5.21. The maximum Gasteiger partial charge on any atom is 0.231 e. The van der Waals surface area contributed by atoms with Crippen molar-refractivity contribution in [3.05, 3.63) is 42.1 Å². The molecular weight excluding hydrogens is 316 g/mol. The predicted octanol–water partition coefficient (Wildman–Crippen LogP) is 3.06. The van der Waals surface area contributed by atoms with Gasteiger partial charge in [-0.1, -0.05) is 31.0 Å². The minimum absolute atomic E-state index is 0.0139. The third kappa shape index (κ3) is 3.29. The van der Waals surface area contributed by atoms with Crippen LogP contribution in [0.15, 0.2) is 36.4 Å². The molecule has 2 aromatic rings. The van der Waals surface area contributed by atoms with Crippen LogP contribution < -0.4 is 10.2 Å². The van der Waals surface area contributed by atoms with Crippen LogP contribution in [-0.4, -0.2) is 28.6 Å². The molecule has 25 heavy (non-hydrogen) atoms. The van der Waals surface area contributed by atoms with Gasteiger partial charge in [0.1, 0.15) is 0 Å². The highest BCUT2D eigenvalue weighted by atomic mass is 16.2. The van der Waals surface area contributed by atoms with Crippen molar-refractivity contribution in [1.29, 1.82) is 0 Å². The molecule has 0 spiro atoms. The molecule has 2 heterocycles. The quantitative estimate of drug-likeness (QED) is 0.899. The number of nitrogens with zero attached hydrogens (tertiary/aromatic N) is 2. The van der Waals surface area contributed by atoms with Gasteiger partial charge in [-0.15, -0.1) is 0 Å². The molecule has 1 aliphatic heterocycles. The summed E-state index contributed by atoms with van der Waals surface area (Å²) in [4.78, 5) is 26.4. The number of H-pyrrole nitrogens is 1. The zero-order valence-electron chi connectivity index (χ0n) is 14.1. The molecule has 6 heteroatoms. The number of aromatic nitrogens is 2. The molecule has 1 aliphatic carbocycles. The van der Waals surface area contributed by atoms with E-state index in [1.807, 2.05) is 36.4 Å². The van der Waals surface area contributed by atoms with E-state index in [0.29, 0.717) is 18.3 Å². The van der Waals surface area contributed by atoms with Crippen molar-refractivity contribution in [2.24, 2.45) is 5.92 Å². The monoisotopic (exact) mass is 338 g/mol. The smallest absolute Gasteiger partial charge is 0.231 e. The Morgan fingerprint density at radius 1 is 1.20 bits per heavy atom. The number of hydrogen-bond donors (Lipinski definition) is 2. The Morgan fingerprint density at radius 3 is 2.72 bits per heavy atom. The minimum Gasteiger partial charge on any atom is -0.312 e. The highest BCUT2D eigenvalue weighted by molar-refractivity contribution is 6.03. The highest BCUT2D eigenvalue weighted by Gasteiger charge is 2.35. The van der Waals surface area contributed by atoms with E-state index in [1.165, 1.54) is 25.7 Å². The molecule has 2 fully saturated rings. The highest BCUT2D eigenvalue weighted by Crippen LogP contribution is 2.34. The lowest BCUT2D eigenvalue weighted by Crippen LogP contribution is -2.28. The Morgan fingerprint density at radius 2 is 1.96 bits per heavy atom. The molecule has 2 N–H and O–H groups in total. The summed E-state index contributed by atoms with van der Waals surface area (Å²) >= 11 is 0. The van der Waals surface area contributed by atoms with Gasteiger partial charge in [-0.2, -0.15) is 5.10 Å². The lowest BCUT2D eigenvalue weighted by atomic mass is 10.0. The Hall–Kier alpha value is -2.63. The summed E-state index contributed by atoms with van der Waals surface area (Å²) < 4.78 is 0. The van der Waals surface area contributed by atoms with E-state index in [9.17, 15) is 9.59 Å². The van der Waals surface area contributed by atoms with Gasteiger partial charge in [0.2, 0.25) is 11.8 Å². The third-order valence-electron chi connectivity index (χ3n) is 5.21. The average molecular weight is 338 g/mol. The van der Waals surface area contributed by atoms with Crippen LogP contribution in [0.1, 0.15) is 43.7 Å². The summed E-state index contributed by atoms with van der Waals surface area (Å²) in [5.74, 6) is 0.577. The number of benzene rings is 1. The van der Waals surface area contributed by atoms with Crippen molar-refractivity contribution < 1.29 is 9.59 Å². The number of carbonyl (C=O) groups excluding carboxylic acids is 2. The van der Waals surface area contributed by atoms with Crippen LogP contribution in [0.3, 0.4) is 0 Å². The summed E-state index contributed by atoms with van der Waals surface area (Å²) in [6, 6.07) is 11.4. The summed E-state index contributed by atoms with van der Waals surface area (Å²) in [7, 11) is 0. The van der Waals surface area contributed by atoms with Gasteiger partial charge < -0.3 is 10.2 Å². The van der Waals surface area contributed by atoms with E-state index in [4.69, 9.17) is 0 Å². The molecule has 1 atom stereocenters. The van der Waals surface area contributed by atoms with E-state index in [1.54, 1.807) is 4.90 Å². The fraction of sp³-hybridized carbons (Fsp3) is 0.421. The zero-order chi connectivity index (χ0) is 17.2. The van der Waals surface area contributed by atoms with E-state index in [-0.39, 0.29) is 24.2 Å². The van der Waals surface area contributed by atoms with Gasteiger partial charge in [-0.3, -0.25) is 14.7 Å². The van der Waals surface area contributed by atoms with Crippen molar-refractivity contribution in [3.8, 4) is 0 Å². The van der Waals surface area contributed by atoms with Gasteiger partial charge in [0, 0.05) is 36.3 Å². The largest absolute Gasteiger partial charge is 0.312 e. The molecule has 0 bridgehead atoms. The molecule has 2 amide bonds. The van der Waals surface area contributed by atoms with Gasteiger partial charge in [0.15, 0.2) is 5.82 Å². The molecule has 1 saturated carbocycles. The van der Waals surface area contributed by atoms with Crippen molar-refractivity contribution in [3.63, 3.8) is 0 Å². The van der Waals surface area contributed by atoms with Crippen LogP contribution in [-0.2, 0) is 9.59 Å². The number of hydrogen-bond acceptors (Lipinski definition) is 3. The number of aromatic amines is 1. The standard InChI is InChI=1S/C19H22N4O2/c24-18-10-14(12-23(18)15-8-2-1-3-9-15)19(25)20-17-11-16(21-22-17)13-6-4-5-7-13/h1-3,8-9,11,13-14H,4-7,10,12H2,(H2,20,21,22,25). The summed E-state index contributed by atoms with van der Waals surface area (Å²) in [5, 5.41) is 10.1. The fourth-order valence-corrected chi connectivity index (χ4v) is 3.82. The number of carbonyl (C=O) groups is 2. The SMILES string of the molecule is O=C(Nc1cc(C2CCCC2)[nH]n1)C1CC(=O)N(c2ccccc2)C1. The van der Waals surface area contributed by atoms with Crippen LogP contribution >= 0.6 is 0 Å². The Labute approximate surface area is 146 Å². The topological polar surface area (TPSA) is 78.1 Å². The molecule has 1 aromatic heterocycles. The first-order valence-corrected chi connectivity index (χ1v) is 8.92. The number of anilines is 2. The van der Waals surface area contributed by atoms with Crippen LogP contribution in [0, 0.1) is 5.92 Å². The first kappa shape index (κ1) is 15.9. The first-order chi connectivity index (χ1) is 12.2. The van der Waals surface area contributed by atoms with Gasteiger partial charge in [-0.25, -0.2) is 0 Å². The van der Waals surface area contributed by atoms with Crippen molar-refractivity contribution in [2.75, 3.05) is 16.8 Å². The second kappa shape index (κ2) is 6.70.